The summed E-state index contributed by atoms with van der Waals surface area (Å²) < 4.78 is 9.21. The van der Waals surface area contributed by atoms with E-state index >= 15 is 0 Å². The van der Waals surface area contributed by atoms with E-state index in [0.29, 0.717) is 18.5 Å². The Labute approximate surface area is 174 Å². The molecule has 4 aromatic rings. The summed E-state index contributed by atoms with van der Waals surface area (Å²) in [6, 6.07) is 8.98. The lowest BCUT2D eigenvalue weighted by Crippen LogP contribution is -2.43. The number of benzene rings is 1. The summed E-state index contributed by atoms with van der Waals surface area (Å²) in [5.41, 5.74) is 4.03. The Kier molecular flexibility index (Phi) is 4.80. The quantitative estimate of drug-likeness (QED) is 0.547. The van der Waals surface area contributed by atoms with Crippen molar-refractivity contribution in [2.75, 3.05) is 30.0 Å². The number of hydrogen-bond acceptors (Lipinski definition) is 7. The first-order valence-electron chi connectivity index (χ1n) is 10.0. The maximum absolute atomic E-state index is 5.57. The van der Waals surface area contributed by atoms with Crippen molar-refractivity contribution >= 4 is 28.4 Å². The molecule has 5 rings (SSSR count). The van der Waals surface area contributed by atoms with Crippen LogP contribution in [0.25, 0.3) is 11.0 Å². The molecule has 0 saturated carbocycles. The Morgan fingerprint density at radius 1 is 1.20 bits per heavy atom. The molecule has 1 aromatic carbocycles. The zero-order valence-corrected chi connectivity index (χ0v) is 17.1. The van der Waals surface area contributed by atoms with E-state index in [4.69, 9.17) is 4.74 Å². The van der Waals surface area contributed by atoms with Crippen molar-refractivity contribution in [1.29, 1.82) is 0 Å². The smallest absolute Gasteiger partial charge is 0.229 e. The number of aromatic nitrogens is 6. The van der Waals surface area contributed by atoms with Gasteiger partial charge in [0.25, 0.3) is 0 Å². The Balaban J connectivity index is 1.40. The minimum atomic E-state index is 0.369. The van der Waals surface area contributed by atoms with Crippen LogP contribution >= 0.6 is 0 Å². The first-order chi connectivity index (χ1) is 14.7. The van der Waals surface area contributed by atoms with Gasteiger partial charge in [0.1, 0.15) is 0 Å². The molecule has 1 atom stereocenters. The van der Waals surface area contributed by atoms with Gasteiger partial charge in [0.15, 0.2) is 5.65 Å². The van der Waals surface area contributed by atoms with Crippen molar-refractivity contribution in [2.24, 2.45) is 7.05 Å². The van der Waals surface area contributed by atoms with Crippen LogP contribution in [-0.4, -0.2) is 55.3 Å². The second kappa shape index (κ2) is 7.75. The van der Waals surface area contributed by atoms with Crippen LogP contribution in [0.5, 0.6) is 0 Å². The number of fused-ring (bicyclic) bond motifs is 1. The Morgan fingerprint density at radius 3 is 2.97 bits per heavy atom. The second-order valence-electron chi connectivity index (χ2n) is 7.59. The lowest BCUT2D eigenvalue weighted by Gasteiger charge is -2.35. The van der Waals surface area contributed by atoms with Crippen LogP contribution < -0.4 is 10.2 Å². The zero-order chi connectivity index (χ0) is 20.5. The summed E-state index contributed by atoms with van der Waals surface area (Å²) in [7, 11) is 1.87. The number of nitrogens with zero attached hydrogens (tertiary/aromatic N) is 7. The largest absolute Gasteiger partial charge is 0.377 e. The third-order valence-corrected chi connectivity index (χ3v) is 5.28. The third-order valence-electron chi connectivity index (χ3n) is 5.28. The molecule has 1 saturated heterocycles. The summed E-state index contributed by atoms with van der Waals surface area (Å²) >= 11 is 0. The van der Waals surface area contributed by atoms with Crippen molar-refractivity contribution in [3.63, 3.8) is 0 Å². The molecule has 0 bridgehead atoms. The first-order valence-corrected chi connectivity index (χ1v) is 10.0. The average molecular weight is 404 g/mol. The van der Waals surface area contributed by atoms with Crippen molar-refractivity contribution in [2.45, 2.75) is 19.5 Å². The van der Waals surface area contributed by atoms with Crippen molar-refractivity contribution < 1.29 is 4.74 Å². The van der Waals surface area contributed by atoms with Gasteiger partial charge in [-0.2, -0.15) is 15.2 Å². The van der Waals surface area contributed by atoms with Gasteiger partial charge in [-0.05, 0) is 24.6 Å². The fourth-order valence-corrected chi connectivity index (χ4v) is 3.77. The lowest BCUT2D eigenvalue weighted by atomic mass is 10.1. The van der Waals surface area contributed by atoms with Gasteiger partial charge < -0.3 is 15.0 Å². The van der Waals surface area contributed by atoms with Gasteiger partial charge in [-0.25, -0.2) is 9.67 Å². The van der Waals surface area contributed by atoms with Crippen molar-refractivity contribution in [1.82, 2.24) is 29.5 Å². The van der Waals surface area contributed by atoms with E-state index in [1.165, 1.54) is 11.3 Å². The van der Waals surface area contributed by atoms with E-state index in [2.05, 4.69) is 61.6 Å². The topological polar surface area (TPSA) is 85.9 Å². The summed E-state index contributed by atoms with van der Waals surface area (Å²) in [6.45, 7) is 5.27. The standard InChI is InChI=1S/C21H24N8O/c1-15-14-30-7-6-28(15)19-5-3-4-16(8-19)12-29-20-17(10-24-29)9-22-21(26-20)25-18-11-23-27(2)13-18/h3-5,8-11,13,15H,6-7,12,14H2,1-2H3,(H,22,25,26)/t15-/m1/s1. The molecule has 0 spiro atoms. The van der Waals surface area contributed by atoms with Gasteiger partial charge in [0.05, 0.1) is 43.2 Å². The molecule has 30 heavy (non-hydrogen) atoms. The minimum absolute atomic E-state index is 0.369. The average Bonchev–Trinajstić information content (AvgIpc) is 3.34. The molecule has 4 heterocycles. The molecule has 1 aliphatic heterocycles. The Bertz CT molecular complexity index is 1170. The van der Waals surface area contributed by atoms with Crippen LogP contribution in [0.15, 0.2) is 49.1 Å². The van der Waals surface area contributed by atoms with Crippen LogP contribution in [0.3, 0.4) is 0 Å². The summed E-state index contributed by atoms with van der Waals surface area (Å²) in [6.07, 6.45) is 7.21. The fourth-order valence-electron chi connectivity index (χ4n) is 3.77. The highest BCUT2D eigenvalue weighted by Crippen LogP contribution is 2.22. The third kappa shape index (κ3) is 3.71. The van der Waals surface area contributed by atoms with E-state index < -0.39 is 0 Å². The van der Waals surface area contributed by atoms with E-state index in [9.17, 15) is 0 Å². The van der Waals surface area contributed by atoms with Gasteiger partial charge in [-0.15, -0.1) is 0 Å². The predicted molar refractivity (Wildman–Crippen MR) is 115 cm³/mol. The highest BCUT2D eigenvalue weighted by Gasteiger charge is 2.19. The molecule has 1 fully saturated rings. The Morgan fingerprint density at radius 2 is 2.13 bits per heavy atom. The highest BCUT2D eigenvalue weighted by atomic mass is 16.5. The van der Waals surface area contributed by atoms with E-state index in [1.54, 1.807) is 23.3 Å². The molecule has 0 amide bonds. The van der Waals surface area contributed by atoms with Crippen LogP contribution in [0.4, 0.5) is 17.3 Å². The van der Waals surface area contributed by atoms with Gasteiger partial charge >= 0.3 is 0 Å². The predicted octanol–water partition coefficient (Wildman–Crippen LogP) is 2.58. The SMILES string of the molecule is C[C@@H]1COCCN1c1cccc(Cn2ncc3cnc(Nc4cnn(C)c4)nc32)c1. The van der Waals surface area contributed by atoms with E-state index in [1.807, 2.05) is 17.9 Å². The van der Waals surface area contributed by atoms with Gasteiger partial charge in [0, 0.05) is 37.7 Å². The molecule has 0 unspecified atom stereocenters. The molecule has 1 N–H and O–H groups in total. The minimum Gasteiger partial charge on any atom is -0.377 e. The highest BCUT2D eigenvalue weighted by molar-refractivity contribution is 5.75. The van der Waals surface area contributed by atoms with Crippen molar-refractivity contribution in [3.05, 3.63) is 54.6 Å². The van der Waals surface area contributed by atoms with Gasteiger partial charge in [-0.3, -0.25) is 4.68 Å². The van der Waals surface area contributed by atoms with E-state index in [0.717, 1.165) is 36.5 Å². The number of anilines is 3. The number of hydrogen-bond donors (Lipinski definition) is 1. The molecular formula is C21H24N8O. The Hall–Kier alpha value is -3.46. The number of nitrogens with one attached hydrogen (secondary N) is 1. The molecule has 0 radical (unpaired) electrons. The summed E-state index contributed by atoms with van der Waals surface area (Å²) in [4.78, 5) is 11.5. The number of ether oxygens (including phenoxy) is 1. The van der Waals surface area contributed by atoms with Gasteiger partial charge in [-0.1, -0.05) is 12.1 Å². The molecular weight excluding hydrogens is 380 g/mol. The summed E-state index contributed by atoms with van der Waals surface area (Å²) in [5.74, 6) is 0.521. The summed E-state index contributed by atoms with van der Waals surface area (Å²) in [5, 5.41) is 12.8. The molecule has 0 aliphatic carbocycles. The molecule has 9 heteroatoms. The van der Waals surface area contributed by atoms with Gasteiger partial charge in [0.2, 0.25) is 5.95 Å². The monoisotopic (exact) mass is 404 g/mol. The first kappa shape index (κ1) is 18.6. The number of aryl methyl sites for hydroxylation is 1. The van der Waals surface area contributed by atoms with Crippen LogP contribution in [0.2, 0.25) is 0 Å². The lowest BCUT2D eigenvalue weighted by molar-refractivity contribution is 0.0989. The molecule has 154 valence electrons. The maximum atomic E-state index is 5.57. The molecule has 3 aromatic heterocycles. The van der Waals surface area contributed by atoms with Crippen LogP contribution in [0, 0.1) is 0 Å². The fraction of sp³-hybridized carbons (Fsp3) is 0.333. The zero-order valence-electron chi connectivity index (χ0n) is 17.1. The normalized spacial score (nSPS) is 16.9. The number of morpholine rings is 1. The van der Waals surface area contributed by atoms with Crippen LogP contribution in [-0.2, 0) is 18.3 Å². The molecule has 1 aliphatic rings. The second-order valence-corrected chi connectivity index (χ2v) is 7.59. The van der Waals surface area contributed by atoms with Crippen molar-refractivity contribution in [3.8, 4) is 0 Å². The maximum Gasteiger partial charge on any atom is 0.229 e. The van der Waals surface area contributed by atoms with E-state index in [-0.39, 0.29) is 0 Å². The number of rotatable bonds is 5. The van der Waals surface area contributed by atoms with Crippen LogP contribution in [0.1, 0.15) is 12.5 Å². The molecule has 9 nitrogen and oxygen atoms in total.